The van der Waals surface area contributed by atoms with Crippen LogP contribution in [0.1, 0.15) is 54.9 Å². The average molecular weight is 514 g/mol. The van der Waals surface area contributed by atoms with E-state index in [1.165, 1.54) is 11.3 Å². The molecule has 3 rings (SSSR count). The Balaban J connectivity index is 0.000000698. The zero-order valence-corrected chi connectivity index (χ0v) is 23.2. The van der Waals surface area contributed by atoms with Crippen molar-refractivity contribution in [3.63, 3.8) is 0 Å². The Morgan fingerprint density at radius 1 is 1.24 bits per heavy atom. The van der Waals surface area contributed by atoms with Crippen molar-refractivity contribution >= 4 is 45.9 Å². The highest BCUT2D eigenvalue weighted by Crippen LogP contribution is 2.38. The first-order valence-corrected chi connectivity index (χ1v) is 12.9. The summed E-state index contributed by atoms with van der Waals surface area (Å²) < 4.78 is 6.04. The molecule has 7 nitrogen and oxygen atoms in total. The molecule has 1 aromatic heterocycles. The van der Waals surface area contributed by atoms with Crippen molar-refractivity contribution in [1.82, 2.24) is 0 Å². The topological polar surface area (TPSA) is 93.4 Å². The minimum absolute atomic E-state index is 0.465. The SMILES string of the molecule is CC.CC.CNc1ccc(Cl)cc1.COCCC[N+]1(C)CCc2c(sc(NC=O)c2C(N)=O)C1. The summed E-state index contributed by atoms with van der Waals surface area (Å²) in [6.45, 7) is 11.6. The predicted octanol–water partition coefficient (Wildman–Crippen LogP) is 5.39. The van der Waals surface area contributed by atoms with E-state index in [1.54, 1.807) is 7.11 Å². The van der Waals surface area contributed by atoms with Crippen LogP contribution in [0.2, 0.25) is 5.02 Å². The largest absolute Gasteiger partial charge is 0.388 e. The number of nitrogens with zero attached hydrogens (tertiary/aromatic N) is 1. The Kier molecular flexibility index (Phi) is 16.2. The van der Waals surface area contributed by atoms with Crippen LogP contribution in [-0.2, 0) is 22.5 Å². The van der Waals surface area contributed by atoms with Crippen molar-refractivity contribution < 1.29 is 18.8 Å². The van der Waals surface area contributed by atoms with Crippen LogP contribution in [0.4, 0.5) is 10.7 Å². The van der Waals surface area contributed by atoms with Gasteiger partial charge in [0.15, 0.2) is 0 Å². The highest BCUT2D eigenvalue weighted by molar-refractivity contribution is 7.16. The fraction of sp³-hybridized carbons (Fsp3) is 0.520. The molecule has 1 aromatic carbocycles. The molecule has 0 saturated heterocycles. The second-order valence-electron chi connectivity index (χ2n) is 7.41. The van der Waals surface area contributed by atoms with E-state index in [9.17, 15) is 9.59 Å². The van der Waals surface area contributed by atoms with E-state index >= 15 is 0 Å². The van der Waals surface area contributed by atoms with Gasteiger partial charge in [-0.2, -0.15) is 0 Å². The van der Waals surface area contributed by atoms with Crippen LogP contribution >= 0.6 is 22.9 Å². The lowest BCUT2D eigenvalue weighted by atomic mass is 10.0. The van der Waals surface area contributed by atoms with E-state index in [2.05, 4.69) is 17.7 Å². The van der Waals surface area contributed by atoms with Gasteiger partial charge in [0.05, 0.1) is 37.2 Å². The van der Waals surface area contributed by atoms with Crippen LogP contribution in [-0.4, -0.2) is 57.7 Å². The lowest BCUT2D eigenvalue weighted by Gasteiger charge is -2.37. The summed E-state index contributed by atoms with van der Waals surface area (Å²) in [7, 11) is 5.81. The summed E-state index contributed by atoms with van der Waals surface area (Å²) in [4.78, 5) is 23.5. The highest BCUT2D eigenvalue weighted by atomic mass is 35.5. The molecule has 0 fully saturated rings. The van der Waals surface area contributed by atoms with Gasteiger partial charge in [0.25, 0.3) is 5.91 Å². The van der Waals surface area contributed by atoms with Gasteiger partial charge in [0, 0.05) is 37.7 Å². The molecule has 0 radical (unpaired) electrons. The van der Waals surface area contributed by atoms with Gasteiger partial charge in [0.2, 0.25) is 6.41 Å². The third kappa shape index (κ3) is 10.0. The van der Waals surface area contributed by atoms with E-state index in [1.807, 2.05) is 59.0 Å². The lowest BCUT2D eigenvalue weighted by Crippen LogP contribution is -2.48. The predicted molar refractivity (Wildman–Crippen MR) is 146 cm³/mol. The standard InChI is InChI=1S/C14H21N3O3S.C7H8ClN.2C2H6/c1-17(5-3-7-20-2)6-4-10-11(8-17)21-14(16-9-18)12(10)13(15)19;1-9-7-4-2-6(8)3-5-7;2*1-2/h9H,3-8H2,1-2H3,(H2-,15,16,18,19);2-5,9H,1H3;2*1-2H3/p+1. The van der Waals surface area contributed by atoms with Gasteiger partial charge in [-0.3, -0.25) is 9.59 Å². The van der Waals surface area contributed by atoms with Crippen LogP contribution in [0, 0.1) is 0 Å². The number of hydrogen-bond donors (Lipinski definition) is 3. The molecule has 4 N–H and O–H groups in total. The van der Waals surface area contributed by atoms with Crippen LogP contribution in [0.15, 0.2) is 24.3 Å². The van der Waals surface area contributed by atoms with Gasteiger partial charge in [0.1, 0.15) is 11.5 Å². The number of thiophene rings is 1. The molecular weight excluding hydrogens is 472 g/mol. The number of rotatable bonds is 8. The highest BCUT2D eigenvalue weighted by Gasteiger charge is 2.33. The van der Waals surface area contributed by atoms with Gasteiger partial charge < -0.3 is 25.6 Å². The molecule has 34 heavy (non-hydrogen) atoms. The molecule has 1 aliphatic rings. The van der Waals surface area contributed by atoms with Gasteiger partial charge >= 0.3 is 0 Å². The van der Waals surface area contributed by atoms with Crippen molar-refractivity contribution in [2.75, 3.05) is 51.5 Å². The summed E-state index contributed by atoms with van der Waals surface area (Å²) in [5.74, 6) is -0.465. The second-order valence-corrected chi connectivity index (χ2v) is 8.95. The van der Waals surface area contributed by atoms with Crippen molar-refractivity contribution in [2.45, 2.75) is 47.1 Å². The molecule has 1 unspecified atom stereocenters. The molecule has 0 spiro atoms. The molecule has 192 valence electrons. The normalized spacial score (nSPS) is 15.6. The van der Waals surface area contributed by atoms with Crippen molar-refractivity contribution in [3.05, 3.63) is 45.3 Å². The fourth-order valence-corrected chi connectivity index (χ4v) is 5.03. The number of nitrogens with two attached hydrogens (primary N) is 1. The third-order valence-corrected chi connectivity index (χ3v) is 6.53. The minimum Gasteiger partial charge on any atom is -0.388 e. The van der Waals surface area contributed by atoms with E-state index in [4.69, 9.17) is 22.1 Å². The maximum absolute atomic E-state index is 11.7. The summed E-state index contributed by atoms with van der Waals surface area (Å²) in [6.07, 6.45) is 2.42. The van der Waals surface area contributed by atoms with Gasteiger partial charge in [-0.1, -0.05) is 39.3 Å². The zero-order chi connectivity index (χ0) is 26.1. The summed E-state index contributed by atoms with van der Waals surface area (Å²) in [5, 5.41) is 6.95. The molecule has 0 aliphatic carbocycles. The van der Waals surface area contributed by atoms with Crippen LogP contribution in [0.3, 0.4) is 0 Å². The van der Waals surface area contributed by atoms with Crippen molar-refractivity contribution in [2.24, 2.45) is 5.73 Å². The zero-order valence-electron chi connectivity index (χ0n) is 21.7. The maximum Gasteiger partial charge on any atom is 0.252 e. The van der Waals surface area contributed by atoms with Crippen molar-refractivity contribution in [3.8, 4) is 0 Å². The quantitative estimate of drug-likeness (QED) is 0.250. The molecule has 2 aromatic rings. The van der Waals surface area contributed by atoms with E-state index in [0.717, 1.165) is 64.7 Å². The molecule has 9 heteroatoms. The Bertz CT molecular complexity index is 859. The summed E-state index contributed by atoms with van der Waals surface area (Å²) >= 11 is 7.11. The lowest BCUT2D eigenvalue weighted by molar-refractivity contribution is -0.924. The molecular formula is C25H42ClN4O3S+. The number of methoxy groups -OCH3 is 1. The number of likely N-dealkylation sites (N-methyl/N-ethyl adjacent to an activating group) is 1. The smallest absolute Gasteiger partial charge is 0.252 e. The first kappa shape index (κ1) is 31.9. The monoisotopic (exact) mass is 513 g/mol. The van der Waals surface area contributed by atoms with Crippen LogP contribution in [0.5, 0.6) is 0 Å². The summed E-state index contributed by atoms with van der Waals surface area (Å²) in [6, 6.07) is 7.57. The molecule has 1 aliphatic heterocycles. The van der Waals surface area contributed by atoms with Crippen molar-refractivity contribution in [1.29, 1.82) is 0 Å². The third-order valence-electron chi connectivity index (χ3n) is 5.13. The number of hydrogen-bond acceptors (Lipinski definition) is 5. The number of halogens is 1. The molecule has 0 bridgehead atoms. The second kappa shape index (κ2) is 17.3. The maximum atomic E-state index is 11.7. The Morgan fingerprint density at radius 3 is 2.35 bits per heavy atom. The average Bonchev–Trinajstić information content (AvgIpc) is 3.20. The van der Waals surface area contributed by atoms with Crippen LogP contribution < -0.4 is 16.4 Å². The van der Waals surface area contributed by atoms with E-state index in [0.29, 0.717) is 17.0 Å². The fourth-order valence-electron chi connectivity index (χ4n) is 3.53. The number of primary amides is 1. The molecule has 0 saturated carbocycles. The summed E-state index contributed by atoms with van der Waals surface area (Å²) in [5.41, 5.74) is 8.06. The molecule has 2 heterocycles. The molecule has 2 amide bonds. The first-order valence-electron chi connectivity index (χ1n) is 11.7. The Morgan fingerprint density at radius 2 is 1.85 bits per heavy atom. The number of quaternary nitrogens is 1. The first-order chi connectivity index (χ1) is 16.3. The van der Waals surface area contributed by atoms with E-state index < -0.39 is 5.91 Å². The number of nitrogens with one attached hydrogen (secondary N) is 2. The Hall–Kier alpha value is -2.13. The number of amides is 2. The number of ether oxygens (including phenoxy) is 1. The van der Waals surface area contributed by atoms with E-state index in [-0.39, 0.29) is 0 Å². The van der Waals surface area contributed by atoms with Gasteiger partial charge in [-0.25, -0.2) is 0 Å². The van der Waals surface area contributed by atoms with Gasteiger partial charge in [-0.15, -0.1) is 11.3 Å². The number of anilines is 2. The number of carbonyl (C=O) groups is 2. The number of fused-ring (bicyclic) bond motifs is 1. The number of benzene rings is 1. The Labute approximate surface area is 214 Å². The van der Waals surface area contributed by atoms with Crippen LogP contribution in [0.25, 0.3) is 0 Å². The molecule has 1 atom stereocenters. The minimum atomic E-state index is -0.465. The van der Waals surface area contributed by atoms with Gasteiger partial charge in [-0.05, 0) is 29.8 Å². The number of carbonyl (C=O) groups excluding carboxylic acids is 2.